The molecule has 2 heterocycles. The monoisotopic (exact) mass is 252 g/mol. The van der Waals surface area contributed by atoms with Gasteiger partial charge in [0.2, 0.25) is 5.91 Å². The van der Waals surface area contributed by atoms with Crippen molar-refractivity contribution >= 4 is 28.5 Å². The second-order valence-electron chi connectivity index (χ2n) is 4.07. The number of primary amides is 1. The lowest BCUT2D eigenvalue weighted by Crippen LogP contribution is -2.44. The van der Waals surface area contributed by atoms with Crippen molar-refractivity contribution < 1.29 is 4.79 Å². The first kappa shape index (κ1) is 12.1. The summed E-state index contributed by atoms with van der Waals surface area (Å²) in [5, 5.41) is 1.02. The van der Waals surface area contributed by atoms with Crippen molar-refractivity contribution in [2.75, 3.05) is 38.1 Å². The van der Waals surface area contributed by atoms with Crippen molar-refractivity contribution in [3.63, 3.8) is 0 Å². The Bertz CT molecular complexity index is 421. The summed E-state index contributed by atoms with van der Waals surface area (Å²) in [4.78, 5) is 20.5. The van der Waals surface area contributed by atoms with Crippen LogP contribution in [0.1, 0.15) is 4.88 Å². The van der Waals surface area contributed by atoms with Gasteiger partial charge in [0.25, 0.3) is 0 Å². The van der Waals surface area contributed by atoms with Crippen LogP contribution in [-0.2, 0) is 4.79 Å². The fraction of sp³-hybridized carbons (Fsp3) is 0.455. The number of carbonyl (C=O) groups is 1. The molecule has 0 aromatic carbocycles. The maximum absolute atomic E-state index is 10.6. The van der Waals surface area contributed by atoms with Crippen LogP contribution in [0.25, 0.3) is 6.08 Å². The summed E-state index contributed by atoms with van der Waals surface area (Å²) in [6, 6.07) is 0. The van der Waals surface area contributed by atoms with Crippen molar-refractivity contribution in [1.29, 1.82) is 0 Å². The topological polar surface area (TPSA) is 62.5 Å². The molecule has 1 saturated heterocycles. The van der Waals surface area contributed by atoms with Gasteiger partial charge < -0.3 is 15.5 Å². The molecule has 1 aliphatic rings. The summed E-state index contributed by atoms with van der Waals surface area (Å²) in [5.41, 5.74) is 5.05. The minimum atomic E-state index is -0.431. The Balaban J connectivity index is 2.00. The number of likely N-dealkylation sites (N-methyl/N-ethyl adjacent to an activating group) is 1. The molecule has 2 N–H and O–H groups in total. The van der Waals surface area contributed by atoms with Crippen LogP contribution < -0.4 is 10.6 Å². The molecule has 0 radical (unpaired) electrons. The highest BCUT2D eigenvalue weighted by atomic mass is 32.1. The number of hydrogen-bond acceptors (Lipinski definition) is 5. The number of nitrogens with two attached hydrogens (primary N) is 1. The van der Waals surface area contributed by atoms with Gasteiger partial charge in [-0.3, -0.25) is 4.79 Å². The number of carbonyl (C=O) groups excluding carboxylic acids is 1. The molecule has 0 aliphatic carbocycles. The van der Waals surface area contributed by atoms with Crippen molar-refractivity contribution in [3.05, 3.63) is 17.2 Å². The maximum atomic E-state index is 10.6. The van der Waals surface area contributed by atoms with Crippen LogP contribution in [0.3, 0.4) is 0 Å². The van der Waals surface area contributed by atoms with Gasteiger partial charge in [-0.25, -0.2) is 4.98 Å². The maximum Gasteiger partial charge on any atom is 0.241 e. The minimum absolute atomic E-state index is 0.431. The van der Waals surface area contributed by atoms with Crippen LogP contribution in [-0.4, -0.2) is 49.0 Å². The fourth-order valence-electron chi connectivity index (χ4n) is 1.66. The Morgan fingerprint density at radius 1 is 1.47 bits per heavy atom. The van der Waals surface area contributed by atoms with E-state index in [0.29, 0.717) is 0 Å². The van der Waals surface area contributed by atoms with Crippen molar-refractivity contribution in [1.82, 2.24) is 9.88 Å². The zero-order valence-electron chi connectivity index (χ0n) is 9.80. The van der Waals surface area contributed by atoms with Crippen LogP contribution in [0.4, 0.5) is 5.13 Å². The zero-order chi connectivity index (χ0) is 12.3. The average molecular weight is 252 g/mol. The third-order valence-corrected chi connectivity index (χ3v) is 3.72. The van der Waals surface area contributed by atoms with E-state index in [2.05, 4.69) is 21.8 Å². The summed E-state index contributed by atoms with van der Waals surface area (Å²) in [6.07, 6.45) is 4.85. The predicted octanol–water partition coefficient (Wildman–Crippen LogP) is 0.393. The van der Waals surface area contributed by atoms with Gasteiger partial charge in [-0.15, -0.1) is 0 Å². The Kier molecular flexibility index (Phi) is 3.75. The molecule has 6 heteroatoms. The average Bonchev–Trinajstić information content (AvgIpc) is 2.76. The molecular weight excluding hydrogens is 236 g/mol. The van der Waals surface area contributed by atoms with Crippen LogP contribution in [0, 0.1) is 0 Å². The molecule has 5 nitrogen and oxygen atoms in total. The summed E-state index contributed by atoms with van der Waals surface area (Å²) < 4.78 is 0. The van der Waals surface area contributed by atoms with Crippen LogP contribution in [0.5, 0.6) is 0 Å². The highest BCUT2D eigenvalue weighted by Gasteiger charge is 2.16. The molecule has 1 aromatic rings. The van der Waals surface area contributed by atoms with Gasteiger partial charge in [0.15, 0.2) is 5.13 Å². The Hall–Kier alpha value is -1.40. The molecule has 1 aromatic heterocycles. The molecule has 1 fully saturated rings. The van der Waals surface area contributed by atoms with Gasteiger partial charge in [-0.1, -0.05) is 11.3 Å². The number of hydrogen-bond donors (Lipinski definition) is 1. The number of piperazine rings is 1. The molecule has 92 valence electrons. The van der Waals surface area contributed by atoms with Crippen LogP contribution >= 0.6 is 11.3 Å². The molecule has 0 unspecified atom stereocenters. The summed E-state index contributed by atoms with van der Waals surface area (Å²) in [5.74, 6) is -0.431. The standard InChI is InChI=1S/C11H16N4OS/c1-14-4-6-15(7-5-14)11-13-8-9(17-11)2-3-10(12)16/h2-3,8H,4-7H2,1H3,(H2,12,16)/b3-2-. The first-order chi connectivity index (χ1) is 8.15. The Morgan fingerprint density at radius 2 is 2.18 bits per heavy atom. The smallest absolute Gasteiger partial charge is 0.241 e. The van der Waals surface area contributed by atoms with E-state index in [-0.39, 0.29) is 0 Å². The van der Waals surface area contributed by atoms with Gasteiger partial charge in [0.1, 0.15) is 0 Å². The number of thiazole rings is 1. The highest BCUT2D eigenvalue weighted by molar-refractivity contribution is 7.16. The Labute approximate surface area is 105 Å². The van der Waals surface area contributed by atoms with E-state index in [1.807, 2.05) is 0 Å². The molecule has 2 rings (SSSR count). The quantitative estimate of drug-likeness (QED) is 0.791. The number of aromatic nitrogens is 1. The highest BCUT2D eigenvalue weighted by Crippen LogP contribution is 2.24. The van der Waals surface area contributed by atoms with Gasteiger partial charge in [0.05, 0.1) is 0 Å². The van der Waals surface area contributed by atoms with E-state index < -0.39 is 5.91 Å². The summed E-state index contributed by atoms with van der Waals surface area (Å²) >= 11 is 1.58. The molecular formula is C11H16N4OS. The summed E-state index contributed by atoms with van der Waals surface area (Å²) in [7, 11) is 2.13. The number of amides is 1. The first-order valence-corrected chi connectivity index (χ1v) is 6.33. The van der Waals surface area contributed by atoms with E-state index in [1.165, 1.54) is 6.08 Å². The minimum Gasteiger partial charge on any atom is -0.366 e. The number of rotatable bonds is 3. The van der Waals surface area contributed by atoms with Crippen molar-refractivity contribution in [2.24, 2.45) is 5.73 Å². The van der Waals surface area contributed by atoms with Crippen molar-refractivity contribution in [2.45, 2.75) is 0 Å². The second kappa shape index (κ2) is 5.29. The van der Waals surface area contributed by atoms with Gasteiger partial charge in [0, 0.05) is 43.3 Å². The Morgan fingerprint density at radius 3 is 2.82 bits per heavy atom. The molecule has 0 atom stereocenters. The van der Waals surface area contributed by atoms with Gasteiger partial charge in [-0.2, -0.15) is 0 Å². The molecule has 17 heavy (non-hydrogen) atoms. The lowest BCUT2D eigenvalue weighted by atomic mass is 10.3. The van der Waals surface area contributed by atoms with E-state index in [9.17, 15) is 4.79 Å². The van der Waals surface area contributed by atoms with Gasteiger partial charge >= 0.3 is 0 Å². The van der Waals surface area contributed by atoms with E-state index in [4.69, 9.17) is 5.73 Å². The lowest BCUT2D eigenvalue weighted by Gasteiger charge is -2.32. The number of nitrogens with zero attached hydrogens (tertiary/aromatic N) is 3. The third kappa shape index (κ3) is 3.28. The number of anilines is 1. The summed E-state index contributed by atoms with van der Waals surface area (Å²) in [6.45, 7) is 4.13. The molecule has 0 spiro atoms. The third-order valence-electron chi connectivity index (χ3n) is 2.70. The van der Waals surface area contributed by atoms with Crippen LogP contribution in [0.2, 0.25) is 0 Å². The first-order valence-electron chi connectivity index (χ1n) is 5.52. The molecule has 1 aliphatic heterocycles. The predicted molar refractivity (Wildman–Crippen MR) is 70.1 cm³/mol. The SMILES string of the molecule is CN1CCN(c2ncc(/C=C\C(N)=O)s2)CC1. The van der Waals surface area contributed by atoms with E-state index >= 15 is 0 Å². The second-order valence-corrected chi connectivity index (χ2v) is 5.11. The van der Waals surface area contributed by atoms with Crippen molar-refractivity contribution in [3.8, 4) is 0 Å². The van der Waals surface area contributed by atoms with Gasteiger partial charge in [-0.05, 0) is 13.1 Å². The lowest BCUT2D eigenvalue weighted by molar-refractivity contribution is -0.113. The van der Waals surface area contributed by atoms with E-state index in [1.54, 1.807) is 23.6 Å². The largest absolute Gasteiger partial charge is 0.366 e. The zero-order valence-corrected chi connectivity index (χ0v) is 10.6. The molecule has 1 amide bonds. The molecule has 0 bridgehead atoms. The molecule has 0 saturated carbocycles. The van der Waals surface area contributed by atoms with E-state index in [0.717, 1.165) is 36.2 Å². The fourth-order valence-corrected chi connectivity index (χ4v) is 2.53. The van der Waals surface area contributed by atoms with Crippen LogP contribution in [0.15, 0.2) is 12.3 Å². The normalized spacial score (nSPS) is 17.8.